The van der Waals surface area contributed by atoms with Crippen LogP contribution < -0.4 is 10.0 Å². The van der Waals surface area contributed by atoms with Gasteiger partial charge in [0, 0.05) is 11.6 Å². The van der Waals surface area contributed by atoms with Gasteiger partial charge < -0.3 is 5.32 Å². The predicted octanol–water partition coefficient (Wildman–Crippen LogP) is 4.40. The fraction of sp³-hybridized carbons (Fsp3) is 0.0952. The first-order valence-corrected chi connectivity index (χ1v) is 11.7. The highest BCUT2D eigenvalue weighted by atomic mass is 32.2. The monoisotopic (exact) mass is 492 g/mol. The van der Waals surface area contributed by atoms with Gasteiger partial charge in [-0.2, -0.15) is 8.75 Å². The second-order valence-corrected chi connectivity index (χ2v) is 9.22. The fourth-order valence-electron chi connectivity index (χ4n) is 3.20. The summed E-state index contributed by atoms with van der Waals surface area (Å²) in [5.41, 5.74) is 0.0159. The zero-order chi connectivity index (χ0) is 23.8. The van der Waals surface area contributed by atoms with Gasteiger partial charge in [-0.25, -0.2) is 21.6 Å². The molecule has 0 aliphatic carbocycles. The molecule has 1 aromatic heterocycles. The summed E-state index contributed by atoms with van der Waals surface area (Å²) in [5.74, 6) is -3.20. The van der Waals surface area contributed by atoms with Crippen molar-refractivity contribution in [1.29, 1.82) is 0 Å². The first-order chi connectivity index (χ1) is 15.7. The van der Waals surface area contributed by atoms with E-state index in [9.17, 15) is 26.4 Å². The first kappa shape index (κ1) is 22.7. The Kier molecular flexibility index (Phi) is 6.04. The number of hydrogen-bond acceptors (Lipinski definition) is 6. The maximum absolute atomic E-state index is 14.1. The number of nitrogens with one attached hydrogen (secondary N) is 2. The molecule has 0 aliphatic heterocycles. The highest BCUT2D eigenvalue weighted by Gasteiger charge is 2.24. The van der Waals surface area contributed by atoms with Crippen molar-refractivity contribution in [3.05, 3.63) is 83.2 Å². The van der Waals surface area contributed by atoms with Crippen LogP contribution in [0, 0.1) is 17.5 Å². The third kappa shape index (κ3) is 4.66. The molecule has 7 nitrogen and oxygen atoms in total. The third-order valence-corrected chi connectivity index (χ3v) is 6.73. The average Bonchev–Trinajstić information content (AvgIpc) is 3.22. The predicted molar refractivity (Wildman–Crippen MR) is 117 cm³/mol. The van der Waals surface area contributed by atoms with Crippen LogP contribution in [-0.4, -0.2) is 23.1 Å². The van der Waals surface area contributed by atoms with Gasteiger partial charge in [0.05, 0.1) is 29.0 Å². The van der Waals surface area contributed by atoms with Crippen LogP contribution in [0.1, 0.15) is 28.9 Å². The molecule has 1 atom stereocenters. The molecule has 0 saturated carbocycles. The number of carbonyl (C=O) groups excluding carboxylic acids is 1. The van der Waals surface area contributed by atoms with Gasteiger partial charge >= 0.3 is 0 Å². The van der Waals surface area contributed by atoms with Gasteiger partial charge in [-0.3, -0.25) is 9.52 Å². The normalized spacial score (nSPS) is 12.5. The quantitative estimate of drug-likeness (QED) is 0.416. The molecule has 1 amide bonds. The van der Waals surface area contributed by atoms with E-state index in [1.165, 1.54) is 25.1 Å². The molecule has 1 heterocycles. The minimum absolute atomic E-state index is 0.0247. The number of fused-ring (bicyclic) bond motifs is 1. The molecule has 33 heavy (non-hydrogen) atoms. The zero-order valence-corrected chi connectivity index (χ0v) is 18.5. The Morgan fingerprint density at radius 1 is 1.00 bits per heavy atom. The number of benzene rings is 3. The Balaban J connectivity index is 1.65. The summed E-state index contributed by atoms with van der Waals surface area (Å²) in [5, 5.41) is 2.50. The van der Waals surface area contributed by atoms with E-state index in [0.717, 1.165) is 36.0 Å². The number of hydrogen-bond donors (Lipinski definition) is 2. The molecule has 0 aliphatic rings. The third-order valence-electron chi connectivity index (χ3n) is 4.79. The van der Waals surface area contributed by atoms with Gasteiger partial charge in [0.1, 0.15) is 33.4 Å². The topological polar surface area (TPSA) is 101 Å². The van der Waals surface area contributed by atoms with Crippen LogP contribution in [0.25, 0.3) is 11.0 Å². The lowest BCUT2D eigenvalue weighted by molar-refractivity contribution is 0.0940. The summed E-state index contributed by atoms with van der Waals surface area (Å²) in [6.07, 6.45) is 0. The van der Waals surface area contributed by atoms with E-state index in [4.69, 9.17) is 0 Å². The second kappa shape index (κ2) is 8.79. The Labute approximate surface area is 190 Å². The molecular formula is C21H15F3N4O3S2. The maximum atomic E-state index is 14.1. The molecule has 0 unspecified atom stereocenters. The number of anilines is 1. The summed E-state index contributed by atoms with van der Waals surface area (Å²) >= 11 is 0.836. The number of nitrogens with zero attached hydrogens (tertiary/aromatic N) is 2. The van der Waals surface area contributed by atoms with E-state index in [0.29, 0.717) is 11.6 Å². The highest BCUT2D eigenvalue weighted by Crippen LogP contribution is 2.26. The Morgan fingerprint density at radius 3 is 2.48 bits per heavy atom. The molecule has 4 rings (SSSR count). The summed E-state index contributed by atoms with van der Waals surface area (Å²) in [6, 6.07) is 9.36. The zero-order valence-electron chi connectivity index (χ0n) is 16.8. The number of halogens is 3. The van der Waals surface area contributed by atoms with Gasteiger partial charge in [0.2, 0.25) is 0 Å². The summed E-state index contributed by atoms with van der Waals surface area (Å²) in [6.45, 7) is 1.47. The van der Waals surface area contributed by atoms with E-state index in [2.05, 4.69) is 18.8 Å². The summed E-state index contributed by atoms with van der Waals surface area (Å²) < 4.78 is 77.4. The molecule has 0 fully saturated rings. The van der Waals surface area contributed by atoms with Gasteiger partial charge in [-0.15, -0.1) is 0 Å². The second-order valence-electron chi connectivity index (χ2n) is 7.04. The van der Waals surface area contributed by atoms with Gasteiger partial charge in [0.15, 0.2) is 0 Å². The Bertz CT molecular complexity index is 1470. The summed E-state index contributed by atoms with van der Waals surface area (Å²) in [4.78, 5) is 12.7. The average molecular weight is 493 g/mol. The first-order valence-electron chi connectivity index (χ1n) is 9.45. The van der Waals surface area contributed by atoms with E-state index in [-0.39, 0.29) is 27.2 Å². The van der Waals surface area contributed by atoms with Crippen LogP contribution in [-0.2, 0) is 10.0 Å². The van der Waals surface area contributed by atoms with Crippen LogP contribution in [0.3, 0.4) is 0 Å². The molecule has 170 valence electrons. The Morgan fingerprint density at radius 2 is 1.73 bits per heavy atom. The Hall–Kier alpha value is -3.51. The molecule has 0 spiro atoms. The van der Waals surface area contributed by atoms with Crippen molar-refractivity contribution in [2.45, 2.75) is 17.9 Å². The van der Waals surface area contributed by atoms with Crippen molar-refractivity contribution in [2.24, 2.45) is 0 Å². The summed E-state index contributed by atoms with van der Waals surface area (Å²) in [7, 11) is -4.27. The van der Waals surface area contributed by atoms with Crippen LogP contribution >= 0.6 is 11.7 Å². The molecule has 0 bridgehead atoms. The SMILES string of the molecule is C[C@@H](NC(=O)c1ccc(F)cc1NS(=O)(=O)c1cccc2nsnc12)c1ccc(F)cc1F. The van der Waals surface area contributed by atoms with E-state index >= 15 is 0 Å². The van der Waals surface area contributed by atoms with Crippen LogP contribution in [0.15, 0.2) is 59.5 Å². The molecule has 0 saturated heterocycles. The fourth-order valence-corrected chi connectivity index (χ4v) is 5.04. The lowest BCUT2D eigenvalue weighted by atomic mass is 10.1. The van der Waals surface area contributed by atoms with Crippen LogP contribution in [0.5, 0.6) is 0 Å². The van der Waals surface area contributed by atoms with Gasteiger partial charge in [-0.05, 0) is 43.3 Å². The minimum atomic E-state index is -4.27. The van der Waals surface area contributed by atoms with E-state index < -0.39 is 39.4 Å². The number of rotatable bonds is 6. The molecule has 12 heteroatoms. The van der Waals surface area contributed by atoms with Gasteiger partial charge in [-0.1, -0.05) is 12.1 Å². The standard InChI is InChI=1S/C21H15F3N4O3S2/c1-11(14-7-5-12(22)9-16(14)24)25-21(29)15-8-6-13(23)10-18(15)28-33(30,31)19-4-2-3-17-20(19)27-32-26-17/h2-11,28H,1H3,(H,25,29)/t11-/m1/s1. The van der Waals surface area contributed by atoms with Crippen molar-refractivity contribution < 1.29 is 26.4 Å². The number of aromatic nitrogens is 2. The molecule has 4 aromatic rings. The minimum Gasteiger partial charge on any atom is -0.345 e. The lowest BCUT2D eigenvalue weighted by Crippen LogP contribution is -2.28. The van der Waals surface area contributed by atoms with Crippen LogP contribution in [0.4, 0.5) is 18.9 Å². The molecule has 0 radical (unpaired) electrons. The number of amides is 1. The van der Waals surface area contributed by atoms with E-state index in [1.54, 1.807) is 6.07 Å². The molecular weight excluding hydrogens is 477 g/mol. The maximum Gasteiger partial charge on any atom is 0.264 e. The van der Waals surface area contributed by atoms with Crippen molar-refractivity contribution in [2.75, 3.05) is 4.72 Å². The van der Waals surface area contributed by atoms with Crippen LogP contribution in [0.2, 0.25) is 0 Å². The largest absolute Gasteiger partial charge is 0.345 e. The van der Waals surface area contributed by atoms with Gasteiger partial charge in [0.25, 0.3) is 15.9 Å². The van der Waals surface area contributed by atoms with E-state index in [1.807, 2.05) is 0 Å². The number of carbonyl (C=O) groups is 1. The highest BCUT2D eigenvalue weighted by molar-refractivity contribution is 7.93. The number of sulfonamides is 1. The van der Waals surface area contributed by atoms with Crippen molar-refractivity contribution in [3.8, 4) is 0 Å². The van der Waals surface area contributed by atoms with Crippen molar-refractivity contribution in [1.82, 2.24) is 14.1 Å². The molecule has 3 aromatic carbocycles. The lowest BCUT2D eigenvalue weighted by Gasteiger charge is -2.17. The molecule has 2 N–H and O–H groups in total. The van der Waals surface area contributed by atoms with Crippen molar-refractivity contribution >= 4 is 44.4 Å². The smallest absolute Gasteiger partial charge is 0.264 e. The van der Waals surface area contributed by atoms with Crippen molar-refractivity contribution in [3.63, 3.8) is 0 Å².